The molecule has 0 spiro atoms. The molecule has 0 aliphatic heterocycles. The SMILES string of the molecule is O=C(O)C(Cl)CCl.O=P(O)(O)C(O)(Cn1ccnc1)P(=O)(O)O. The number of rotatable bonds is 6. The summed E-state index contributed by atoms with van der Waals surface area (Å²) in [4.78, 5) is 48.5. The molecule has 0 radical (unpaired) electrons. The number of aromatic nitrogens is 2. The molecule has 1 unspecified atom stereocenters. The summed E-state index contributed by atoms with van der Waals surface area (Å²) in [6, 6.07) is 0. The average molecular weight is 415 g/mol. The van der Waals surface area contributed by atoms with Crippen LogP contribution >= 0.6 is 38.4 Å². The third kappa shape index (κ3) is 6.50. The van der Waals surface area contributed by atoms with Crippen molar-refractivity contribution < 1.29 is 43.7 Å². The lowest BCUT2D eigenvalue weighted by Gasteiger charge is -2.29. The standard InChI is InChI=1S/C5H10N2O7P2.C3H4Cl2O2/c8-5(15(9,10)11,16(12,13)14)3-7-2-1-6-4-7;4-1-2(5)3(6)7/h1-2,4,8H,3H2,(H2,9,10,11)(H2,12,13,14);2H,1H2,(H,6,7). The highest BCUT2D eigenvalue weighted by molar-refractivity contribution is 7.72. The van der Waals surface area contributed by atoms with E-state index in [0.717, 1.165) is 10.9 Å². The highest BCUT2D eigenvalue weighted by Gasteiger charge is 2.59. The van der Waals surface area contributed by atoms with E-state index >= 15 is 0 Å². The summed E-state index contributed by atoms with van der Waals surface area (Å²) in [6.07, 6.45) is 3.51. The first-order chi connectivity index (χ1) is 10.3. The molecule has 23 heavy (non-hydrogen) atoms. The van der Waals surface area contributed by atoms with E-state index in [0.29, 0.717) is 0 Å². The molecule has 0 saturated carbocycles. The van der Waals surface area contributed by atoms with E-state index in [1.54, 1.807) is 0 Å². The zero-order valence-electron chi connectivity index (χ0n) is 11.2. The van der Waals surface area contributed by atoms with Crippen molar-refractivity contribution >= 4 is 44.4 Å². The number of imidazole rings is 1. The van der Waals surface area contributed by atoms with Gasteiger partial charge in [-0.25, -0.2) is 4.98 Å². The largest absolute Gasteiger partial charge is 0.480 e. The molecule has 0 aliphatic rings. The quantitative estimate of drug-likeness (QED) is 0.268. The molecule has 0 bridgehead atoms. The van der Waals surface area contributed by atoms with Crippen LogP contribution in [0.1, 0.15) is 0 Å². The molecule has 11 nitrogen and oxygen atoms in total. The Morgan fingerprint density at radius 1 is 1.26 bits per heavy atom. The van der Waals surface area contributed by atoms with Crippen LogP contribution in [0.4, 0.5) is 0 Å². The van der Waals surface area contributed by atoms with Crippen LogP contribution < -0.4 is 0 Å². The summed E-state index contributed by atoms with van der Waals surface area (Å²) in [5.41, 5.74) is 0. The van der Waals surface area contributed by atoms with Gasteiger partial charge in [0.1, 0.15) is 5.38 Å². The van der Waals surface area contributed by atoms with Crippen LogP contribution in [0.2, 0.25) is 0 Å². The maximum atomic E-state index is 10.9. The zero-order chi connectivity index (χ0) is 18.5. The van der Waals surface area contributed by atoms with Crippen molar-refractivity contribution in [2.75, 3.05) is 5.88 Å². The molecule has 1 aromatic rings. The Morgan fingerprint density at radius 2 is 1.74 bits per heavy atom. The third-order valence-electron chi connectivity index (χ3n) is 2.29. The summed E-state index contributed by atoms with van der Waals surface area (Å²) in [6.45, 7) is -0.957. The van der Waals surface area contributed by atoms with Gasteiger partial charge in [0.2, 0.25) is 0 Å². The van der Waals surface area contributed by atoms with E-state index < -0.39 is 38.2 Å². The van der Waals surface area contributed by atoms with E-state index in [4.69, 9.17) is 47.9 Å². The number of aliphatic carboxylic acids is 1. The molecule has 1 aromatic heterocycles. The normalized spacial score (nSPS) is 13.9. The van der Waals surface area contributed by atoms with Gasteiger partial charge in [0.25, 0.3) is 5.08 Å². The van der Waals surface area contributed by atoms with E-state index in [-0.39, 0.29) is 5.88 Å². The predicted octanol–water partition coefficient (Wildman–Crippen LogP) is -0.198. The van der Waals surface area contributed by atoms with Gasteiger partial charge < -0.3 is 34.4 Å². The van der Waals surface area contributed by atoms with E-state index in [1.165, 1.54) is 12.4 Å². The van der Waals surface area contributed by atoms with E-state index in [2.05, 4.69) is 4.98 Å². The molecule has 1 rings (SSSR count). The number of nitrogens with zero attached hydrogens (tertiary/aromatic N) is 2. The van der Waals surface area contributed by atoms with Crippen molar-refractivity contribution in [1.29, 1.82) is 0 Å². The highest BCUT2D eigenvalue weighted by Crippen LogP contribution is 2.67. The monoisotopic (exact) mass is 414 g/mol. The molecule has 0 amide bonds. The highest BCUT2D eigenvalue weighted by atomic mass is 35.5. The Hall–Kier alpha value is -0.480. The Labute approximate surface area is 139 Å². The van der Waals surface area contributed by atoms with Crippen LogP contribution in [-0.2, 0) is 20.5 Å². The minimum Gasteiger partial charge on any atom is -0.480 e. The second kappa shape index (κ2) is 8.57. The number of hydrogen-bond donors (Lipinski definition) is 6. The number of aliphatic hydroxyl groups is 1. The smallest absolute Gasteiger partial charge is 0.371 e. The van der Waals surface area contributed by atoms with Gasteiger partial charge in [-0.05, 0) is 0 Å². The van der Waals surface area contributed by atoms with Gasteiger partial charge in [-0.15, -0.1) is 23.2 Å². The second-order valence-electron chi connectivity index (χ2n) is 4.06. The number of carboxylic acid groups (broad SMARTS) is 1. The fraction of sp³-hybridized carbons (Fsp3) is 0.500. The van der Waals surface area contributed by atoms with Crippen molar-refractivity contribution in [3.63, 3.8) is 0 Å². The average Bonchev–Trinajstić information content (AvgIpc) is 2.88. The Morgan fingerprint density at radius 3 is 1.96 bits per heavy atom. The fourth-order valence-electron chi connectivity index (χ4n) is 1.05. The van der Waals surface area contributed by atoms with E-state index in [9.17, 15) is 19.0 Å². The predicted molar refractivity (Wildman–Crippen MR) is 79.3 cm³/mol. The summed E-state index contributed by atoms with van der Waals surface area (Å²) in [5, 5.41) is 13.1. The van der Waals surface area contributed by atoms with Crippen molar-refractivity contribution in [3.05, 3.63) is 18.7 Å². The maximum Gasteiger partial charge on any atom is 0.371 e. The first-order valence-corrected chi connectivity index (χ1v) is 9.68. The minimum atomic E-state index is -5.41. The van der Waals surface area contributed by atoms with Gasteiger partial charge in [0, 0.05) is 18.3 Å². The van der Waals surface area contributed by atoms with Gasteiger partial charge in [-0.3, -0.25) is 13.9 Å². The van der Waals surface area contributed by atoms with Gasteiger partial charge >= 0.3 is 21.2 Å². The Balaban J connectivity index is 0.000000585. The van der Waals surface area contributed by atoms with Crippen LogP contribution in [0.25, 0.3) is 0 Å². The molecular formula is C8H14Cl2N2O9P2. The summed E-state index contributed by atoms with van der Waals surface area (Å²) in [7, 11) is -10.8. The summed E-state index contributed by atoms with van der Waals surface area (Å²) >= 11 is 10.1. The lowest BCUT2D eigenvalue weighted by molar-refractivity contribution is -0.136. The minimum absolute atomic E-state index is 0.0448. The Kier molecular flexibility index (Phi) is 8.39. The number of hydrogen-bond acceptors (Lipinski definition) is 5. The molecule has 0 saturated heterocycles. The van der Waals surface area contributed by atoms with Crippen LogP contribution in [0.5, 0.6) is 0 Å². The molecule has 0 aliphatic carbocycles. The van der Waals surface area contributed by atoms with Crippen molar-refractivity contribution in [2.24, 2.45) is 0 Å². The molecule has 1 heterocycles. The zero-order valence-corrected chi connectivity index (χ0v) is 14.5. The van der Waals surface area contributed by atoms with Crippen LogP contribution in [0.15, 0.2) is 18.7 Å². The molecular weight excluding hydrogens is 401 g/mol. The van der Waals surface area contributed by atoms with Crippen LogP contribution in [0.3, 0.4) is 0 Å². The first kappa shape index (κ1) is 22.5. The van der Waals surface area contributed by atoms with Gasteiger partial charge in [-0.1, -0.05) is 0 Å². The summed E-state index contributed by atoms with van der Waals surface area (Å²) < 4.78 is 22.8. The first-order valence-electron chi connectivity index (χ1n) is 5.48. The lowest BCUT2D eigenvalue weighted by Crippen LogP contribution is -2.33. The molecule has 15 heteroatoms. The van der Waals surface area contributed by atoms with E-state index in [1.807, 2.05) is 0 Å². The molecule has 1 atom stereocenters. The lowest BCUT2D eigenvalue weighted by atomic mass is 10.5. The summed E-state index contributed by atoms with van der Waals surface area (Å²) in [5.74, 6) is -1.12. The second-order valence-corrected chi connectivity index (χ2v) is 8.90. The van der Waals surface area contributed by atoms with Crippen molar-refractivity contribution in [3.8, 4) is 0 Å². The molecule has 134 valence electrons. The van der Waals surface area contributed by atoms with Crippen molar-refractivity contribution in [1.82, 2.24) is 9.55 Å². The number of alkyl halides is 2. The molecule has 0 fully saturated rings. The van der Waals surface area contributed by atoms with Gasteiger partial charge in [-0.2, -0.15) is 0 Å². The number of halogens is 2. The fourth-order valence-corrected chi connectivity index (χ4v) is 3.23. The molecule has 6 N–H and O–H groups in total. The topological polar surface area (TPSA) is 190 Å². The number of carbonyl (C=O) groups is 1. The van der Waals surface area contributed by atoms with Gasteiger partial charge in [0.15, 0.2) is 0 Å². The number of carboxylic acids is 1. The van der Waals surface area contributed by atoms with Crippen LogP contribution in [0, 0.1) is 0 Å². The van der Waals surface area contributed by atoms with Crippen LogP contribution in [-0.4, -0.2) is 61.6 Å². The molecule has 0 aromatic carbocycles. The Bertz CT molecular complexity index is 577. The van der Waals surface area contributed by atoms with Crippen molar-refractivity contribution in [2.45, 2.75) is 17.0 Å². The van der Waals surface area contributed by atoms with Gasteiger partial charge in [0.05, 0.1) is 12.9 Å². The maximum absolute atomic E-state index is 10.9. The third-order valence-corrected chi connectivity index (χ3v) is 6.81.